The van der Waals surface area contributed by atoms with Gasteiger partial charge in [-0.1, -0.05) is 49.9 Å². The fourth-order valence-electron chi connectivity index (χ4n) is 2.89. The van der Waals surface area contributed by atoms with Crippen LogP contribution in [0.3, 0.4) is 0 Å². The normalized spacial score (nSPS) is 19.9. The molecule has 0 aliphatic heterocycles. The molecule has 1 atom stereocenters. The molecule has 1 aromatic rings. The minimum Gasteiger partial charge on any atom is -0.388 e. The van der Waals surface area contributed by atoms with Gasteiger partial charge in [0.05, 0.1) is 6.10 Å². The highest BCUT2D eigenvalue weighted by molar-refractivity contribution is 5.29. The van der Waals surface area contributed by atoms with Crippen LogP contribution < -0.4 is 5.73 Å². The van der Waals surface area contributed by atoms with Crippen molar-refractivity contribution in [1.29, 1.82) is 0 Å². The summed E-state index contributed by atoms with van der Waals surface area (Å²) in [5.41, 5.74) is 7.87. The zero-order valence-electron chi connectivity index (χ0n) is 10.4. The standard InChI is InChI=1S/C15H23NO/c16-11-13-9-5-6-10-14(13)15(17)12-7-3-1-2-4-8-12/h5-6,9-10,12,15,17H,1-4,7-8,11,16H2. The summed E-state index contributed by atoms with van der Waals surface area (Å²) in [7, 11) is 0. The third-order valence-electron chi connectivity index (χ3n) is 3.94. The van der Waals surface area contributed by atoms with Crippen LogP contribution in [0.25, 0.3) is 0 Å². The Morgan fingerprint density at radius 3 is 2.41 bits per heavy atom. The van der Waals surface area contributed by atoms with Crippen molar-refractivity contribution in [3.05, 3.63) is 35.4 Å². The van der Waals surface area contributed by atoms with Crippen molar-refractivity contribution in [3.63, 3.8) is 0 Å². The highest BCUT2D eigenvalue weighted by Gasteiger charge is 2.23. The zero-order chi connectivity index (χ0) is 12.1. The second-order valence-electron chi connectivity index (χ2n) is 5.10. The number of rotatable bonds is 3. The van der Waals surface area contributed by atoms with Crippen LogP contribution in [0.1, 0.15) is 55.8 Å². The van der Waals surface area contributed by atoms with Crippen LogP contribution >= 0.6 is 0 Å². The van der Waals surface area contributed by atoms with Gasteiger partial charge in [-0.25, -0.2) is 0 Å². The van der Waals surface area contributed by atoms with Gasteiger partial charge < -0.3 is 10.8 Å². The lowest BCUT2D eigenvalue weighted by Gasteiger charge is -2.23. The van der Waals surface area contributed by atoms with E-state index in [2.05, 4.69) is 0 Å². The van der Waals surface area contributed by atoms with Gasteiger partial charge in [-0.05, 0) is 29.9 Å². The molecule has 0 aromatic heterocycles. The Labute approximate surface area is 104 Å². The summed E-state index contributed by atoms with van der Waals surface area (Å²) in [6.45, 7) is 0.514. The van der Waals surface area contributed by atoms with Gasteiger partial charge in [0, 0.05) is 6.54 Å². The van der Waals surface area contributed by atoms with E-state index in [0.717, 1.165) is 24.0 Å². The summed E-state index contributed by atoms with van der Waals surface area (Å²) in [5, 5.41) is 10.5. The van der Waals surface area contributed by atoms with Gasteiger partial charge in [0.1, 0.15) is 0 Å². The fourth-order valence-corrected chi connectivity index (χ4v) is 2.89. The van der Waals surface area contributed by atoms with E-state index in [9.17, 15) is 5.11 Å². The molecule has 0 saturated heterocycles. The lowest BCUT2D eigenvalue weighted by molar-refractivity contribution is 0.0979. The average Bonchev–Trinajstić information content (AvgIpc) is 2.66. The Morgan fingerprint density at radius 1 is 1.12 bits per heavy atom. The number of hydrogen-bond acceptors (Lipinski definition) is 2. The third kappa shape index (κ3) is 3.08. The monoisotopic (exact) mass is 233 g/mol. The number of benzene rings is 1. The third-order valence-corrected chi connectivity index (χ3v) is 3.94. The maximum Gasteiger partial charge on any atom is 0.0821 e. The number of aliphatic hydroxyl groups is 1. The molecule has 0 radical (unpaired) electrons. The molecule has 94 valence electrons. The van der Waals surface area contributed by atoms with E-state index in [-0.39, 0.29) is 6.10 Å². The smallest absolute Gasteiger partial charge is 0.0821 e. The quantitative estimate of drug-likeness (QED) is 0.788. The molecule has 1 unspecified atom stereocenters. The van der Waals surface area contributed by atoms with Gasteiger partial charge in [-0.3, -0.25) is 0 Å². The van der Waals surface area contributed by atoms with Gasteiger partial charge in [0.25, 0.3) is 0 Å². The topological polar surface area (TPSA) is 46.2 Å². The summed E-state index contributed by atoms with van der Waals surface area (Å²) in [6, 6.07) is 8.03. The van der Waals surface area contributed by atoms with Crippen molar-refractivity contribution in [2.24, 2.45) is 11.7 Å². The van der Waals surface area contributed by atoms with Gasteiger partial charge in [0.2, 0.25) is 0 Å². The maximum absolute atomic E-state index is 10.5. The van der Waals surface area contributed by atoms with Crippen LogP contribution in [-0.4, -0.2) is 5.11 Å². The lowest BCUT2D eigenvalue weighted by atomic mass is 9.87. The summed E-state index contributed by atoms with van der Waals surface area (Å²) in [5.74, 6) is 0.421. The first-order valence-electron chi connectivity index (χ1n) is 6.79. The molecular formula is C15H23NO. The highest BCUT2D eigenvalue weighted by atomic mass is 16.3. The minimum atomic E-state index is -0.326. The Hall–Kier alpha value is -0.860. The van der Waals surface area contributed by atoms with Crippen LogP contribution in [0.2, 0.25) is 0 Å². The molecule has 2 nitrogen and oxygen atoms in total. The second kappa shape index (κ2) is 6.18. The molecule has 3 N–H and O–H groups in total. The molecule has 17 heavy (non-hydrogen) atoms. The van der Waals surface area contributed by atoms with Crippen LogP contribution in [0.4, 0.5) is 0 Å². The average molecular weight is 233 g/mol. The molecule has 0 amide bonds. The Kier molecular flexibility index (Phi) is 4.57. The summed E-state index contributed by atoms with van der Waals surface area (Å²) in [4.78, 5) is 0. The molecule has 2 rings (SSSR count). The van der Waals surface area contributed by atoms with E-state index >= 15 is 0 Å². The summed E-state index contributed by atoms with van der Waals surface area (Å²) >= 11 is 0. The van der Waals surface area contributed by atoms with Gasteiger partial charge in [-0.2, -0.15) is 0 Å². The maximum atomic E-state index is 10.5. The predicted octanol–water partition coefficient (Wildman–Crippen LogP) is 3.15. The lowest BCUT2D eigenvalue weighted by Crippen LogP contribution is -2.15. The van der Waals surface area contributed by atoms with E-state index in [1.165, 1.54) is 25.7 Å². The SMILES string of the molecule is NCc1ccccc1C(O)C1CCCCCC1. The summed E-state index contributed by atoms with van der Waals surface area (Å²) in [6.07, 6.45) is 7.13. The second-order valence-corrected chi connectivity index (χ2v) is 5.10. The highest BCUT2D eigenvalue weighted by Crippen LogP contribution is 2.34. The molecule has 1 aromatic carbocycles. The van der Waals surface area contributed by atoms with Gasteiger partial charge in [-0.15, -0.1) is 0 Å². The van der Waals surface area contributed by atoms with Crippen molar-refractivity contribution in [2.45, 2.75) is 51.2 Å². The Bertz CT molecular complexity index is 343. The molecule has 1 aliphatic carbocycles. The zero-order valence-corrected chi connectivity index (χ0v) is 10.4. The van der Waals surface area contributed by atoms with Crippen molar-refractivity contribution in [3.8, 4) is 0 Å². The van der Waals surface area contributed by atoms with Crippen LogP contribution in [0.5, 0.6) is 0 Å². The number of hydrogen-bond donors (Lipinski definition) is 2. The van der Waals surface area contributed by atoms with E-state index in [0.29, 0.717) is 12.5 Å². The molecular weight excluding hydrogens is 210 g/mol. The summed E-state index contributed by atoms with van der Waals surface area (Å²) < 4.78 is 0. The molecule has 1 saturated carbocycles. The van der Waals surface area contributed by atoms with Gasteiger partial charge in [0.15, 0.2) is 0 Å². The Balaban J connectivity index is 2.14. The van der Waals surface area contributed by atoms with Crippen molar-refractivity contribution in [2.75, 3.05) is 0 Å². The van der Waals surface area contributed by atoms with Crippen molar-refractivity contribution in [1.82, 2.24) is 0 Å². The van der Waals surface area contributed by atoms with E-state index in [4.69, 9.17) is 5.73 Å². The van der Waals surface area contributed by atoms with E-state index in [1.807, 2.05) is 24.3 Å². The molecule has 0 spiro atoms. The largest absolute Gasteiger partial charge is 0.388 e. The molecule has 1 aliphatic rings. The minimum absolute atomic E-state index is 0.326. The van der Waals surface area contributed by atoms with Crippen molar-refractivity contribution < 1.29 is 5.11 Å². The Morgan fingerprint density at radius 2 is 1.76 bits per heavy atom. The van der Waals surface area contributed by atoms with Crippen molar-refractivity contribution >= 4 is 0 Å². The van der Waals surface area contributed by atoms with Crippen LogP contribution in [0.15, 0.2) is 24.3 Å². The van der Waals surface area contributed by atoms with E-state index in [1.54, 1.807) is 0 Å². The predicted molar refractivity (Wildman–Crippen MR) is 70.5 cm³/mol. The molecule has 2 heteroatoms. The number of aliphatic hydroxyl groups excluding tert-OH is 1. The fraction of sp³-hybridized carbons (Fsp3) is 0.600. The first-order valence-corrected chi connectivity index (χ1v) is 6.79. The first kappa shape index (κ1) is 12.6. The van der Waals surface area contributed by atoms with Gasteiger partial charge >= 0.3 is 0 Å². The van der Waals surface area contributed by atoms with Crippen LogP contribution in [0, 0.1) is 5.92 Å². The molecule has 0 heterocycles. The molecule has 1 fully saturated rings. The molecule has 0 bridgehead atoms. The van der Waals surface area contributed by atoms with Crippen LogP contribution in [-0.2, 0) is 6.54 Å². The first-order chi connectivity index (χ1) is 8.33. The number of nitrogens with two attached hydrogens (primary N) is 1. The van der Waals surface area contributed by atoms with E-state index < -0.39 is 0 Å².